The summed E-state index contributed by atoms with van der Waals surface area (Å²) in [5.74, 6) is -0.347. The van der Waals surface area contributed by atoms with E-state index in [9.17, 15) is 8.42 Å². The molecule has 1 aromatic carbocycles. The van der Waals surface area contributed by atoms with Crippen LogP contribution >= 0.6 is 0 Å². The summed E-state index contributed by atoms with van der Waals surface area (Å²) in [6, 6.07) is 5.46. The first-order valence-corrected chi connectivity index (χ1v) is 5.90. The summed E-state index contributed by atoms with van der Waals surface area (Å²) in [7, 11) is -3.71. The maximum Gasteiger partial charge on any atom is 0.238 e. The van der Waals surface area contributed by atoms with Gasteiger partial charge in [-0.05, 0) is 24.3 Å². The van der Waals surface area contributed by atoms with E-state index in [4.69, 9.17) is 22.3 Å². The molecule has 0 aliphatic carbocycles. The second-order valence-electron chi connectivity index (χ2n) is 3.05. The minimum Gasteiger partial charge on any atom is -0.370 e. The fourth-order valence-corrected chi connectivity index (χ4v) is 1.52. The van der Waals surface area contributed by atoms with Gasteiger partial charge in [0.1, 0.15) is 0 Å². The van der Waals surface area contributed by atoms with E-state index in [1.54, 1.807) is 0 Å². The zero-order chi connectivity index (χ0) is 13.1. The minimum absolute atomic E-state index is 0.0168. The first-order valence-electron chi connectivity index (χ1n) is 4.35. The van der Waals surface area contributed by atoms with Crippen LogP contribution in [-0.2, 0) is 10.0 Å². The Balaban J connectivity index is 3.01. The molecular weight excluding hydrogens is 244 g/mol. The molecule has 17 heavy (non-hydrogen) atoms. The lowest BCUT2D eigenvalue weighted by Crippen LogP contribution is -2.26. The van der Waals surface area contributed by atoms with Crippen molar-refractivity contribution in [2.45, 2.75) is 4.90 Å². The van der Waals surface area contributed by atoms with Crippen molar-refractivity contribution in [3.63, 3.8) is 0 Å². The molecule has 1 aromatic rings. The van der Waals surface area contributed by atoms with Crippen molar-refractivity contribution in [3.8, 4) is 0 Å². The number of aliphatic imine (C=N–C) groups is 2. The summed E-state index contributed by atoms with van der Waals surface area (Å²) < 4.78 is 21.9. The number of sulfonamides is 1. The van der Waals surface area contributed by atoms with Crippen LogP contribution in [0.5, 0.6) is 0 Å². The number of primary sulfonamides is 1. The van der Waals surface area contributed by atoms with Gasteiger partial charge in [-0.1, -0.05) is 0 Å². The van der Waals surface area contributed by atoms with Gasteiger partial charge in [-0.3, -0.25) is 0 Å². The number of nitrogens with zero attached hydrogens (tertiary/aromatic N) is 2. The van der Waals surface area contributed by atoms with Crippen molar-refractivity contribution in [1.82, 2.24) is 0 Å². The summed E-state index contributed by atoms with van der Waals surface area (Å²) in [4.78, 5) is 7.32. The van der Waals surface area contributed by atoms with Gasteiger partial charge in [0.2, 0.25) is 16.0 Å². The highest BCUT2D eigenvalue weighted by Crippen LogP contribution is 2.15. The summed E-state index contributed by atoms with van der Waals surface area (Å²) in [5, 5.41) is 4.93. The monoisotopic (exact) mass is 256 g/mol. The van der Waals surface area contributed by atoms with Crippen LogP contribution in [-0.4, -0.2) is 20.3 Å². The molecule has 0 aliphatic rings. The van der Waals surface area contributed by atoms with Crippen LogP contribution in [0.25, 0.3) is 0 Å². The van der Waals surface area contributed by atoms with E-state index in [1.165, 1.54) is 24.3 Å². The molecule has 8 nitrogen and oxygen atoms in total. The fraction of sp³-hybridized carbons (Fsp3) is 0. The van der Waals surface area contributed by atoms with Gasteiger partial charge >= 0.3 is 0 Å². The third-order valence-corrected chi connectivity index (χ3v) is 2.58. The minimum atomic E-state index is -3.71. The molecule has 0 amide bonds. The summed E-state index contributed by atoms with van der Waals surface area (Å²) >= 11 is 0. The second kappa shape index (κ2) is 4.80. The maximum atomic E-state index is 11.0. The van der Waals surface area contributed by atoms with E-state index >= 15 is 0 Å². The topological polar surface area (TPSA) is 163 Å². The van der Waals surface area contributed by atoms with Crippen LogP contribution in [0.4, 0.5) is 5.69 Å². The van der Waals surface area contributed by atoms with Gasteiger partial charge in [0.25, 0.3) is 0 Å². The lowest BCUT2D eigenvalue weighted by Gasteiger charge is -1.99. The van der Waals surface area contributed by atoms with Crippen LogP contribution in [0.3, 0.4) is 0 Å². The van der Waals surface area contributed by atoms with E-state index in [0.29, 0.717) is 5.69 Å². The Morgan fingerprint density at radius 2 is 1.59 bits per heavy atom. The van der Waals surface area contributed by atoms with Crippen molar-refractivity contribution in [1.29, 1.82) is 0 Å². The molecule has 92 valence electrons. The fourth-order valence-electron chi connectivity index (χ4n) is 1.000. The SMILES string of the molecule is NC(N)=NC(N)=Nc1ccc(S(N)(=O)=O)cc1. The molecule has 0 spiro atoms. The standard InChI is InChI=1S/C8H12N6O2S/c9-7(10)14-8(11)13-5-1-3-6(4-2-5)17(12,15)16/h1-4H,(H2,12,15,16)(H6,9,10,11,13,14). The molecule has 0 unspecified atom stereocenters. The van der Waals surface area contributed by atoms with Gasteiger partial charge in [-0.15, -0.1) is 0 Å². The first-order chi connectivity index (χ1) is 7.79. The highest BCUT2D eigenvalue weighted by atomic mass is 32.2. The molecule has 0 heterocycles. The normalized spacial score (nSPS) is 12.2. The average molecular weight is 256 g/mol. The second-order valence-corrected chi connectivity index (χ2v) is 4.61. The van der Waals surface area contributed by atoms with E-state index < -0.39 is 10.0 Å². The smallest absolute Gasteiger partial charge is 0.238 e. The molecule has 1 rings (SSSR count). The zero-order valence-electron chi connectivity index (χ0n) is 8.74. The molecule has 0 atom stereocenters. The number of nitrogens with two attached hydrogens (primary N) is 4. The number of benzene rings is 1. The molecule has 0 fully saturated rings. The molecule has 0 saturated carbocycles. The van der Waals surface area contributed by atoms with E-state index in [2.05, 4.69) is 9.98 Å². The van der Waals surface area contributed by atoms with Crippen molar-refractivity contribution in [2.24, 2.45) is 32.3 Å². The zero-order valence-corrected chi connectivity index (χ0v) is 9.55. The predicted octanol–water partition coefficient (Wildman–Crippen LogP) is -1.45. The Morgan fingerprint density at radius 3 is 2.00 bits per heavy atom. The maximum absolute atomic E-state index is 11.0. The van der Waals surface area contributed by atoms with Gasteiger partial charge in [-0.25, -0.2) is 18.5 Å². The van der Waals surface area contributed by atoms with Crippen molar-refractivity contribution >= 4 is 27.6 Å². The van der Waals surface area contributed by atoms with E-state index in [-0.39, 0.29) is 16.8 Å². The molecular formula is C8H12N6O2S. The molecule has 0 radical (unpaired) electrons. The Bertz CT molecular complexity index is 556. The lowest BCUT2D eigenvalue weighted by atomic mass is 10.3. The molecule has 8 N–H and O–H groups in total. The van der Waals surface area contributed by atoms with Gasteiger partial charge in [0, 0.05) is 0 Å². The van der Waals surface area contributed by atoms with E-state index in [0.717, 1.165) is 0 Å². The summed E-state index contributed by atoms with van der Waals surface area (Å²) in [6.07, 6.45) is 0. The number of rotatable bonds is 2. The number of hydrogen-bond donors (Lipinski definition) is 4. The van der Waals surface area contributed by atoms with Gasteiger partial charge in [0.15, 0.2) is 5.96 Å². The molecule has 0 aliphatic heterocycles. The van der Waals surface area contributed by atoms with Gasteiger partial charge in [-0.2, -0.15) is 4.99 Å². The third-order valence-electron chi connectivity index (χ3n) is 1.65. The quantitative estimate of drug-likeness (QED) is 0.375. The number of guanidine groups is 2. The van der Waals surface area contributed by atoms with Crippen LogP contribution in [0.2, 0.25) is 0 Å². The Morgan fingerprint density at radius 1 is 1.06 bits per heavy atom. The largest absolute Gasteiger partial charge is 0.370 e. The van der Waals surface area contributed by atoms with Crippen LogP contribution < -0.4 is 22.3 Å². The van der Waals surface area contributed by atoms with Crippen LogP contribution in [0.15, 0.2) is 39.1 Å². The average Bonchev–Trinajstić information content (AvgIpc) is 2.15. The van der Waals surface area contributed by atoms with E-state index in [1.807, 2.05) is 0 Å². The highest BCUT2D eigenvalue weighted by molar-refractivity contribution is 7.89. The Hall–Kier alpha value is -2.13. The van der Waals surface area contributed by atoms with Crippen molar-refractivity contribution in [2.75, 3.05) is 0 Å². The Labute approximate surface area is 98.1 Å². The predicted molar refractivity (Wildman–Crippen MR) is 64.9 cm³/mol. The lowest BCUT2D eigenvalue weighted by molar-refractivity contribution is 0.598. The van der Waals surface area contributed by atoms with Crippen molar-refractivity contribution < 1.29 is 8.42 Å². The highest BCUT2D eigenvalue weighted by Gasteiger charge is 2.06. The van der Waals surface area contributed by atoms with Crippen molar-refractivity contribution in [3.05, 3.63) is 24.3 Å². The van der Waals surface area contributed by atoms with Gasteiger partial charge in [0.05, 0.1) is 10.6 Å². The third kappa shape index (κ3) is 4.09. The Kier molecular flexibility index (Phi) is 3.66. The summed E-state index contributed by atoms with van der Waals surface area (Å²) in [5.41, 5.74) is 16.0. The van der Waals surface area contributed by atoms with Crippen LogP contribution in [0, 0.1) is 0 Å². The molecule has 9 heteroatoms. The van der Waals surface area contributed by atoms with Gasteiger partial charge < -0.3 is 17.2 Å². The van der Waals surface area contributed by atoms with Crippen LogP contribution in [0.1, 0.15) is 0 Å². The molecule has 0 bridgehead atoms. The molecule has 0 aromatic heterocycles. The number of hydrogen-bond acceptors (Lipinski definition) is 3. The molecule has 0 saturated heterocycles. The summed E-state index contributed by atoms with van der Waals surface area (Å²) in [6.45, 7) is 0. The first kappa shape index (κ1) is 12.9.